The predicted octanol–water partition coefficient (Wildman–Crippen LogP) is 1.40. The van der Waals surface area contributed by atoms with Crippen molar-refractivity contribution in [1.29, 1.82) is 0 Å². The van der Waals surface area contributed by atoms with E-state index in [1.54, 1.807) is 31.3 Å². The van der Waals surface area contributed by atoms with Crippen molar-refractivity contribution >= 4 is 28.5 Å². The van der Waals surface area contributed by atoms with Crippen LogP contribution in [0, 0.1) is 0 Å². The zero-order valence-corrected chi connectivity index (χ0v) is 11.0. The van der Waals surface area contributed by atoms with Crippen molar-refractivity contribution in [3.63, 3.8) is 0 Å². The molecule has 1 amide bonds. The molecule has 2 heterocycles. The lowest BCUT2D eigenvalue weighted by atomic mass is 10.2. The van der Waals surface area contributed by atoms with E-state index in [4.69, 9.17) is 14.9 Å². The van der Waals surface area contributed by atoms with Crippen molar-refractivity contribution < 1.29 is 18.7 Å². The Labute approximate surface area is 115 Å². The van der Waals surface area contributed by atoms with Crippen molar-refractivity contribution in [3.8, 4) is 0 Å². The zero-order chi connectivity index (χ0) is 14.3. The molecule has 1 atom stereocenters. The van der Waals surface area contributed by atoms with Gasteiger partial charge in [-0.3, -0.25) is 4.79 Å². The molecule has 6 heteroatoms. The number of nitrogen functional groups attached to an aromatic ring is 1. The van der Waals surface area contributed by atoms with Gasteiger partial charge in [-0.1, -0.05) is 0 Å². The molecule has 0 spiro atoms. The van der Waals surface area contributed by atoms with Gasteiger partial charge in [0.1, 0.15) is 5.58 Å². The Morgan fingerprint density at radius 3 is 2.95 bits per heavy atom. The van der Waals surface area contributed by atoms with E-state index in [1.807, 2.05) is 0 Å². The normalized spacial score (nSPS) is 18.8. The quantitative estimate of drug-likeness (QED) is 0.661. The molecule has 3 rings (SSSR count). The number of nitrogens with zero attached hydrogens (tertiary/aromatic N) is 1. The van der Waals surface area contributed by atoms with Crippen LogP contribution in [0.1, 0.15) is 17.0 Å². The van der Waals surface area contributed by atoms with Gasteiger partial charge in [-0.25, -0.2) is 4.79 Å². The molecular formula is C14H14N2O4. The SMILES string of the molecule is CN1CCC(OC(=O)c2cc3cc(N)ccc3o2)C1=O. The first-order chi connectivity index (χ1) is 9.54. The molecule has 1 unspecified atom stereocenters. The molecule has 1 saturated heterocycles. The smallest absolute Gasteiger partial charge is 0.375 e. The minimum absolute atomic E-state index is 0.0768. The number of rotatable bonds is 2. The Bertz CT molecular complexity index is 692. The summed E-state index contributed by atoms with van der Waals surface area (Å²) in [4.78, 5) is 25.2. The molecule has 1 aliphatic rings. The number of hydrogen-bond acceptors (Lipinski definition) is 5. The van der Waals surface area contributed by atoms with Gasteiger partial charge in [0.15, 0.2) is 6.10 Å². The third kappa shape index (κ3) is 2.09. The van der Waals surface area contributed by atoms with Crippen LogP contribution in [0.25, 0.3) is 11.0 Å². The largest absolute Gasteiger partial charge is 0.449 e. The van der Waals surface area contributed by atoms with Crippen molar-refractivity contribution in [2.24, 2.45) is 0 Å². The summed E-state index contributed by atoms with van der Waals surface area (Å²) in [5.41, 5.74) is 6.81. The van der Waals surface area contributed by atoms with Crippen LogP contribution in [0.5, 0.6) is 0 Å². The average Bonchev–Trinajstić information content (AvgIpc) is 2.96. The van der Waals surface area contributed by atoms with Crippen LogP contribution in [0.4, 0.5) is 5.69 Å². The Morgan fingerprint density at radius 1 is 1.45 bits per heavy atom. The van der Waals surface area contributed by atoms with Gasteiger partial charge >= 0.3 is 5.97 Å². The topological polar surface area (TPSA) is 85.8 Å². The summed E-state index contributed by atoms with van der Waals surface area (Å²) in [5, 5.41) is 0.729. The lowest BCUT2D eigenvalue weighted by molar-refractivity contribution is -0.133. The van der Waals surface area contributed by atoms with Crippen LogP contribution in [0.3, 0.4) is 0 Å². The van der Waals surface area contributed by atoms with E-state index in [9.17, 15) is 9.59 Å². The number of benzene rings is 1. The Morgan fingerprint density at radius 2 is 2.25 bits per heavy atom. The second-order valence-electron chi connectivity index (χ2n) is 4.85. The second kappa shape index (κ2) is 4.56. The van der Waals surface area contributed by atoms with E-state index in [0.717, 1.165) is 5.39 Å². The zero-order valence-electron chi connectivity index (χ0n) is 11.0. The molecule has 6 nitrogen and oxygen atoms in total. The van der Waals surface area contributed by atoms with Crippen LogP contribution < -0.4 is 5.73 Å². The number of hydrogen-bond donors (Lipinski definition) is 1. The highest BCUT2D eigenvalue weighted by molar-refractivity contribution is 5.95. The van der Waals surface area contributed by atoms with Gasteiger partial charge in [0.25, 0.3) is 5.91 Å². The number of nitrogens with two attached hydrogens (primary N) is 1. The van der Waals surface area contributed by atoms with E-state index in [2.05, 4.69) is 0 Å². The van der Waals surface area contributed by atoms with Gasteiger partial charge in [-0.05, 0) is 24.3 Å². The van der Waals surface area contributed by atoms with Crippen LogP contribution in [0.2, 0.25) is 0 Å². The molecule has 20 heavy (non-hydrogen) atoms. The Hall–Kier alpha value is -2.50. The number of carbonyl (C=O) groups excluding carboxylic acids is 2. The number of amides is 1. The molecule has 2 aromatic rings. The van der Waals surface area contributed by atoms with E-state index >= 15 is 0 Å². The molecule has 1 aliphatic heterocycles. The molecular weight excluding hydrogens is 260 g/mol. The van der Waals surface area contributed by atoms with Gasteiger partial charge in [0, 0.05) is 31.1 Å². The maximum absolute atomic E-state index is 12.0. The van der Waals surface area contributed by atoms with Crippen LogP contribution >= 0.6 is 0 Å². The summed E-state index contributed by atoms with van der Waals surface area (Å²) in [6, 6.07) is 6.66. The third-order valence-corrected chi connectivity index (χ3v) is 3.37. The Kier molecular flexibility index (Phi) is 2.85. The van der Waals surface area contributed by atoms with Gasteiger partial charge in [0.2, 0.25) is 5.76 Å². The monoisotopic (exact) mass is 274 g/mol. The highest BCUT2D eigenvalue weighted by atomic mass is 16.6. The molecule has 1 aromatic carbocycles. The number of esters is 1. The van der Waals surface area contributed by atoms with Crippen molar-refractivity contribution in [2.45, 2.75) is 12.5 Å². The number of anilines is 1. The first kappa shape index (κ1) is 12.5. The first-order valence-electron chi connectivity index (χ1n) is 6.29. The van der Waals surface area contributed by atoms with Crippen molar-refractivity contribution in [2.75, 3.05) is 19.3 Å². The minimum atomic E-state index is -0.717. The lowest BCUT2D eigenvalue weighted by Crippen LogP contribution is -2.29. The molecule has 0 radical (unpaired) electrons. The number of ether oxygens (including phenoxy) is 1. The van der Waals surface area contributed by atoms with Gasteiger partial charge < -0.3 is 19.8 Å². The van der Waals surface area contributed by atoms with E-state index < -0.39 is 12.1 Å². The van der Waals surface area contributed by atoms with Crippen molar-refractivity contribution in [3.05, 3.63) is 30.0 Å². The summed E-state index contributed by atoms with van der Waals surface area (Å²) in [6.07, 6.45) is -0.209. The lowest BCUT2D eigenvalue weighted by Gasteiger charge is -2.10. The summed E-state index contributed by atoms with van der Waals surface area (Å²) in [6.45, 7) is 0.591. The fraction of sp³-hybridized carbons (Fsp3) is 0.286. The summed E-state index contributed by atoms with van der Waals surface area (Å²) >= 11 is 0. The number of likely N-dealkylation sites (tertiary alicyclic amines) is 1. The van der Waals surface area contributed by atoms with Crippen LogP contribution in [-0.4, -0.2) is 36.5 Å². The highest BCUT2D eigenvalue weighted by Gasteiger charge is 2.33. The molecule has 0 bridgehead atoms. The fourth-order valence-corrected chi connectivity index (χ4v) is 2.25. The minimum Gasteiger partial charge on any atom is -0.449 e. The highest BCUT2D eigenvalue weighted by Crippen LogP contribution is 2.23. The molecule has 0 aliphatic carbocycles. The average molecular weight is 274 g/mol. The molecule has 2 N–H and O–H groups in total. The summed E-state index contributed by atoms with van der Waals surface area (Å²) in [7, 11) is 1.68. The Balaban J connectivity index is 1.80. The number of fused-ring (bicyclic) bond motifs is 1. The summed E-state index contributed by atoms with van der Waals surface area (Å²) < 4.78 is 10.6. The second-order valence-corrected chi connectivity index (χ2v) is 4.85. The van der Waals surface area contributed by atoms with Gasteiger partial charge in [0.05, 0.1) is 0 Å². The van der Waals surface area contributed by atoms with Gasteiger partial charge in [-0.2, -0.15) is 0 Å². The molecule has 104 valence electrons. The van der Waals surface area contributed by atoms with E-state index in [0.29, 0.717) is 24.2 Å². The van der Waals surface area contributed by atoms with Crippen molar-refractivity contribution in [1.82, 2.24) is 4.90 Å². The standard InChI is InChI=1S/C14H14N2O4/c1-16-5-4-11(13(16)17)20-14(18)12-7-8-6-9(15)2-3-10(8)19-12/h2-3,6-7,11H,4-5,15H2,1H3. The molecule has 1 aromatic heterocycles. The molecule has 1 fully saturated rings. The summed E-state index contributed by atoms with van der Waals surface area (Å²) in [5.74, 6) is -0.736. The number of carbonyl (C=O) groups is 2. The van der Waals surface area contributed by atoms with Crippen LogP contribution in [0.15, 0.2) is 28.7 Å². The van der Waals surface area contributed by atoms with Gasteiger partial charge in [-0.15, -0.1) is 0 Å². The third-order valence-electron chi connectivity index (χ3n) is 3.37. The maximum atomic E-state index is 12.0. The maximum Gasteiger partial charge on any atom is 0.375 e. The van der Waals surface area contributed by atoms with E-state index in [1.165, 1.54) is 4.90 Å². The number of furan rings is 1. The van der Waals surface area contributed by atoms with E-state index in [-0.39, 0.29) is 11.7 Å². The molecule has 0 saturated carbocycles. The van der Waals surface area contributed by atoms with Crippen LogP contribution in [-0.2, 0) is 9.53 Å². The predicted molar refractivity (Wildman–Crippen MR) is 72.1 cm³/mol. The first-order valence-corrected chi connectivity index (χ1v) is 6.29. The fourth-order valence-electron chi connectivity index (χ4n) is 2.25. The number of likely N-dealkylation sites (N-methyl/N-ethyl adjacent to an activating group) is 1.